The molecule has 0 spiro atoms. The molecule has 2 aromatic heterocycles. The van der Waals surface area contributed by atoms with Crippen molar-refractivity contribution in [3.05, 3.63) is 58.9 Å². The number of halogens is 3. The zero-order chi connectivity index (χ0) is 20.0. The molecule has 0 saturated carbocycles. The fourth-order valence-corrected chi connectivity index (χ4v) is 2.93. The summed E-state index contributed by atoms with van der Waals surface area (Å²) >= 11 is 0. The third-order valence-corrected chi connectivity index (χ3v) is 4.26. The Balaban J connectivity index is 1.98. The molecular formula is C20H23F3N4. The lowest BCUT2D eigenvalue weighted by Crippen LogP contribution is -2.27. The van der Waals surface area contributed by atoms with E-state index in [0.717, 1.165) is 34.9 Å². The van der Waals surface area contributed by atoms with Gasteiger partial charge in [0.05, 0.1) is 11.3 Å². The molecular weight excluding hydrogens is 353 g/mol. The topological polar surface area (TPSA) is 42.2 Å². The average Bonchev–Trinajstić information content (AvgIpc) is 2.96. The van der Waals surface area contributed by atoms with Crippen LogP contribution in [0.1, 0.15) is 56.1 Å². The zero-order valence-electron chi connectivity index (χ0n) is 16.0. The van der Waals surface area contributed by atoms with E-state index in [4.69, 9.17) is 0 Å². The van der Waals surface area contributed by atoms with Crippen LogP contribution in [-0.4, -0.2) is 20.1 Å². The van der Waals surface area contributed by atoms with Crippen LogP contribution in [0, 0.1) is 6.92 Å². The highest BCUT2D eigenvalue weighted by Crippen LogP contribution is 2.31. The molecule has 1 atom stereocenters. The fourth-order valence-electron chi connectivity index (χ4n) is 2.93. The molecule has 1 aromatic carbocycles. The number of hydrogen-bond acceptors (Lipinski definition) is 3. The molecule has 0 amide bonds. The van der Waals surface area contributed by atoms with Gasteiger partial charge in [-0.2, -0.15) is 22.8 Å². The van der Waals surface area contributed by atoms with Crippen LogP contribution in [-0.2, 0) is 6.18 Å². The van der Waals surface area contributed by atoms with Gasteiger partial charge in [0.15, 0.2) is 5.65 Å². The van der Waals surface area contributed by atoms with Crippen LogP contribution in [0.5, 0.6) is 0 Å². The van der Waals surface area contributed by atoms with E-state index in [-0.39, 0.29) is 11.5 Å². The summed E-state index contributed by atoms with van der Waals surface area (Å²) in [5.41, 5.74) is 2.30. The number of nitrogens with zero attached hydrogens (tertiary/aromatic N) is 3. The van der Waals surface area contributed by atoms with Gasteiger partial charge in [0, 0.05) is 29.3 Å². The number of nitrogens with one attached hydrogen (secondary N) is 1. The molecule has 0 bridgehead atoms. The SMILES string of the molecule is Cc1cc(NC(C)(C)C)n2nc(C(C)c3ccc(C(F)(F)F)cc3)cc2n1. The van der Waals surface area contributed by atoms with Gasteiger partial charge in [0.2, 0.25) is 0 Å². The van der Waals surface area contributed by atoms with E-state index in [1.807, 2.05) is 26.0 Å². The molecule has 0 aliphatic carbocycles. The minimum Gasteiger partial charge on any atom is -0.365 e. The number of hydrogen-bond donors (Lipinski definition) is 1. The lowest BCUT2D eigenvalue weighted by atomic mass is 9.97. The monoisotopic (exact) mass is 376 g/mol. The van der Waals surface area contributed by atoms with Gasteiger partial charge in [-0.15, -0.1) is 0 Å². The third-order valence-electron chi connectivity index (χ3n) is 4.26. The Labute approximate surface area is 156 Å². The summed E-state index contributed by atoms with van der Waals surface area (Å²) in [6.45, 7) is 10.0. The average molecular weight is 376 g/mol. The Morgan fingerprint density at radius 1 is 1.04 bits per heavy atom. The number of benzene rings is 1. The number of aryl methyl sites for hydroxylation is 1. The predicted octanol–water partition coefficient (Wildman–Crippen LogP) is 5.42. The van der Waals surface area contributed by atoms with Gasteiger partial charge in [-0.25, -0.2) is 4.98 Å². The second kappa shape index (κ2) is 6.55. The Bertz CT molecular complexity index is 950. The molecule has 0 aliphatic rings. The third kappa shape index (κ3) is 4.23. The summed E-state index contributed by atoms with van der Waals surface area (Å²) in [6, 6.07) is 9.03. The van der Waals surface area contributed by atoms with Gasteiger partial charge >= 0.3 is 6.18 Å². The van der Waals surface area contributed by atoms with Crippen LogP contribution in [0.2, 0.25) is 0 Å². The van der Waals surface area contributed by atoms with Crippen LogP contribution in [0.3, 0.4) is 0 Å². The van der Waals surface area contributed by atoms with Crippen LogP contribution in [0.4, 0.5) is 19.0 Å². The first kappa shape index (κ1) is 19.2. The lowest BCUT2D eigenvalue weighted by Gasteiger charge is -2.22. The van der Waals surface area contributed by atoms with E-state index in [1.54, 1.807) is 4.52 Å². The first-order valence-corrected chi connectivity index (χ1v) is 8.77. The highest BCUT2D eigenvalue weighted by atomic mass is 19.4. The van der Waals surface area contributed by atoms with Crippen molar-refractivity contribution in [2.75, 3.05) is 5.32 Å². The fraction of sp³-hybridized carbons (Fsp3) is 0.400. The summed E-state index contributed by atoms with van der Waals surface area (Å²) in [6.07, 6.45) is -4.33. The summed E-state index contributed by atoms with van der Waals surface area (Å²) in [5, 5.41) is 8.07. The van der Waals surface area contributed by atoms with E-state index >= 15 is 0 Å². The van der Waals surface area contributed by atoms with Gasteiger partial charge in [0.25, 0.3) is 0 Å². The molecule has 3 rings (SSSR count). The zero-order valence-corrected chi connectivity index (χ0v) is 16.0. The summed E-state index contributed by atoms with van der Waals surface area (Å²) in [4.78, 5) is 4.52. The molecule has 7 heteroatoms. The van der Waals surface area contributed by atoms with Crippen molar-refractivity contribution in [2.45, 2.75) is 52.3 Å². The molecule has 2 heterocycles. The second-order valence-electron chi connectivity index (χ2n) is 7.84. The summed E-state index contributed by atoms with van der Waals surface area (Å²) < 4.78 is 40.1. The molecule has 144 valence electrons. The Morgan fingerprint density at radius 2 is 1.67 bits per heavy atom. The first-order valence-electron chi connectivity index (χ1n) is 8.77. The molecule has 0 fully saturated rings. The first-order chi connectivity index (χ1) is 12.4. The number of rotatable bonds is 3. The molecule has 27 heavy (non-hydrogen) atoms. The standard InChI is InChI=1S/C20H23F3N4/c1-12-10-18(25-19(3,4)5)27-17(24-12)11-16(26-27)13(2)14-6-8-15(9-7-14)20(21,22)23/h6-11,13,25H,1-5H3. The molecule has 1 N–H and O–H groups in total. The van der Waals surface area contributed by atoms with Crippen molar-refractivity contribution in [2.24, 2.45) is 0 Å². The molecule has 0 radical (unpaired) electrons. The van der Waals surface area contributed by atoms with E-state index in [2.05, 4.69) is 36.2 Å². The van der Waals surface area contributed by atoms with Crippen LogP contribution in [0.25, 0.3) is 5.65 Å². The van der Waals surface area contributed by atoms with Crippen molar-refractivity contribution >= 4 is 11.5 Å². The quantitative estimate of drug-likeness (QED) is 0.664. The van der Waals surface area contributed by atoms with Crippen LogP contribution >= 0.6 is 0 Å². The van der Waals surface area contributed by atoms with E-state index < -0.39 is 11.7 Å². The molecule has 3 aromatic rings. The molecule has 0 saturated heterocycles. The predicted molar refractivity (Wildman–Crippen MR) is 100 cm³/mol. The lowest BCUT2D eigenvalue weighted by molar-refractivity contribution is -0.137. The Morgan fingerprint density at radius 3 is 2.22 bits per heavy atom. The van der Waals surface area contributed by atoms with Gasteiger partial charge in [0.1, 0.15) is 5.82 Å². The summed E-state index contributed by atoms with van der Waals surface area (Å²) in [5.74, 6) is 0.674. The summed E-state index contributed by atoms with van der Waals surface area (Å²) in [7, 11) is 0. The Hall–Kier alpha value is -2.57. The van der Waals surface area contributed by atoms with Crippen molar-refractivity contribution < 1.29 is 13.2 Å². The van der Waals surface area contributed by atoms with E-state index in [1.165, 1.54) is 12.1 Å². The van der Waals surface area contributed by atoms with E-state index in [9.17, 15) is 13.2 Å². The van der Waals surface area contributed by atoms with Gasteiger partial charge in [-0.1, -0.05) is 19.1 Å². The maximum Gasteiger partial charge on any atom is 0.416 e. The normalized spacial score (nSPS) is 13.8. The minimum absolute atomic E-state index is 0.147. The van der Waals surface area contributed by atoms with Crippen LogP contribution < -0.4 is 5.32 Å². The number of aromatic nitrogens is 3. The number of alkyl halides is 3. The second-order valence-corrected chi connectivity index (χ2v) is 7.84. The number of fused-ring (bicyclic) bond motifs is 1. The van der Waals surface area contributed by atoms with E-state index in [0.29, 0.717) is 5.65 Å². The van der Waals surface area contributed by atoms with Gasteiger partial charge in [-0.05, 0) is 45.4 Å². The molecule has 1 unspecified atom stereocenters. The maximum atomic E-state index is 12.8. The van der Waals surface area contributed by atoms with Crippen molar-refractivity contribution in [3.63, 3.8) is 0 Å². The van der Waals surface area contributed by atoms with Crippen molar-refractivity contribution in [3.8, 4) is 0 Å². The smallest absolute Gasteiger partial charge is 0.365 e. The van der Waals surface area contributed by atoms with Gasteiger partial charge < -0.3 is 5.32 Å². The van der Waals surface area contributed by atoms with Crippen molar-refractivity contribution in [1.29, 1.82) is 0 Å². The number of anilines is 1. The Kier molecular flexibility index (Phi) is 4.66. The van der Waals surface area contributed by atoms with Gasteiger partial charge in [-0.3, -0.25) is 0 Å². The largest absolute Gasteiger partial charge is 0.416 e. The van der Waals surface area contributed by atoms with Crippen molar-refractivity contribution in [1.82, 2.24) is 14.6 Å². The van der Waals surface area contributed by atoms with Crippen LogP contribution in [0.15, 0.2) is 36.4 Å². The highest BCUT2D eigenvalue weighted by Gasteiger charge is 2.30. The molecule has 4 nitrogen and oxygen atoms in total. The maximum absolute atomic E-state index is 12.8. The highest BCUT2D eigenvalue weighted by molar-refractivity contribution is 5.52. The molecule has 0 aliphatic heterocycles. The minimum atomic E-state index is -4.33.